The van der Waals surface area contributed by atoms with Gasteiger partial charge in [-0.15, -0.1) is 0 Å². The van der Waals surface area contributed by atoms with Crippen LogP contribution in [-0.4, -0.2) is 26.5 Å². The van der Waals surface area contributed by atoms with Crippen LogP contribution in [0.3, 0.4) is 0 Å². The second kappa shape index (κ2) is 9.95. The molecule has 0 spiro atoms. The molecule has 1 saturated carbocycles. The highest BCUT2D eigenvalue weighted by molar-refractivity contribution is 7.59. The molecule has 2 aliphatic rings. The molecule has 4 aromatic rings. The second-order valence-electron chi connectivity index (χ2n) is 10.1. The van der Waals surface area contributed by atoms with E-state index in [1.807, 2.05) is 66.7 Å². The summed E-state index contributed by atoms with van der Waals surface area (Å²) in [6.45, 7) is 1.15. The maximum absolute atomic E-state index is 15.6. The van der Waals surface area contributed by atoms with E-state index in [4.69, 9.17) is 0 Å². The lowest BCUT2D eigenvalue weighted by molar-refractivity contribution is 0.197. The highest BCUT2D eigenvalue weighted by Crippen LogP contribution is 2.71. The summed E-state index contributed by atoms with van der Waals surface area (Å²) < 4.78 is 20.0. The minimum atomic E-state index is -3.42. The van der Waals surface area contributed by atoms with E-state index >= 15 is 4.57 Å². The second-order valence-corrected chi connectivity index (χ2v) is 12.8. The van der Waals surface area contributed by atoms with Gasteiger partial charge in [0.25, 0.3) is 0 Å². The van der Waals surface area contributed by atoms with Gasteiger partial charge in [0.05, 0.1) is 0 Å². The number of aliphatic hydroxyl groups excluding tert-OH is 1. The molecule has 1 heterocycles. The lowest BCUT2D eigenvalue weighted by atomic mass is 9.90. The van der Waals surface area contributed by atoms with Crippen molar-refractivity contribution in [2.45, 2.75) is 56.7 Å². The summed E-state index contributed by atoms with van der Waals surface area (Å²) >= 11 is 0. The van der Waals surface area contributed by atoms with Crippen LogP contribution in [0.15, 0.2) is 103 Å². The molecule has 1 N–H and O–H groups in total. The predicted molar refractivity (Wildman–Crippen MR) is 147 cm³/mol. The van der Waals surface area contributed by atoms with Crippen molar-refractivity contribution in [2.24, 2.45) is 0 Å². The Morgan fingerprint density at radius 1 is 0.694 bits per heavy atom. The van der Waals surface area contributed by atoms with Crippen molar-refractivity contribution in [2.75, 3.05) is 0 Å². The van der Waals surface area contributed by atoms with Crippen LogP contribution in [-0.2, 0) is 17.7 Å². The first-order valence-electron chi connectivity index (χ1n) is 13.0. The molecule has 184 valence electrons. The first-order chi connectivity index (χ1) is 17.7. The Kier molecular flexibility index (Phi) is 6.54. The van der Waals surface area contributed by atoms with Crippen LogP contribution in [0.25, 0.3) is 10.8 Å². The molecule has 1 aliphatic carbocycles. The molecule has 4 nitrogen and oxygen atoms in total. The first kappa shape index (κ1) is 23.6. The summed E-state index contributed by atoms with van der Waals surface area (Å²) in [6, 6.07) is 35.0. The molecular weight excluding hydrogens is 463 g/mol. The number of hydrogen-bond donors (Lipinski definition) is 1. The lowest BCUT2D eigenvalue weighted by Gasteiger charge is -2.36. The third kappa shape index (κ3) is 4.13. The quantitative estimate of drug-likeness (QED) is 0.283. The number of rotatable bonds is 6. The molecule has 0 radical (unpaired) electrons. The van der Waals surface area contributed by atoms with Gasteiger partial charge in [-0.1, -0.05) is 116 Å². The summed E-state index contributed by atoms with van der Waals surface area (Å²) in [7, 11) is -3.42. The molecule has 5 heteroatoms. The van der Waals surface area contributed by atoms with E-state index in [0.717, 1.165) is 53.1 Å². The number of hydrogen-bond acceptors (Lipinski definition) is 2. The van der Waals surface area contributed by atoms with Crippen LogP contribution in [0.4, 0.5) is 0 Å². The van der Waals surface area contributed by atoms with Gasteiger partial charge in [0.15, 0.2) is 5.85 Å². The predicted octanol–water partition coefficient (Wildman–Crippen LogP) is 7.35. The fourth-order valence-electron chi connectivity index (χ4n) is 6.28. The van der Waals surface area contributed by atoms with Gasteiger partial charge in [-0.3, -0.25) is 4.57 Å². The van der Waals surface area contributed by atoms with Crippen molar-refractivity contribution >= 4 is 18.2 Å². The summed E-state index contributed by atoms with van der Waals surface area (Å²) in [5.74, 6) is -1.10. The Labute approximate surface area is 213 Å². The molecular formula is C31H33N2O2P. The minimum Gasteiger partial charge on any atom is -0.378 e. The van der Waals surface area contributed by atoms with E-state index in [9.17, 15) is 5.11 Å². The molecule has 0 bridgehead atoms. The van der Waals surface area contributed by atoms with E-state index in [2.05, 4.69) is 45.7 Å². The SMILES string of the molecule is O=P1(C(O)c2cccc3ccccc23)N(Cc2ccccc2)[C@@H]2CCCC[C@H]2N1Cc1ccccc1. The minimum absolute atomic E-state index is 0.165. The van der Waals surface area contributed by atoms with Gasteiger partial charge in [0.1, 0.15) is 0 Å². The van der Waals surface area contributed by atoms with Gasteiger partial charge in [0, 0.05) is 25.2 Å². The Hall–Kier alpha value is -2.75. The van der Waals surface area contributed by atoms with E-state index in [0.29, 0.717) is 13.1 Å². The topological polar surface area (TPSA) is 43.8 Å². The molecule has 2 fully saturated rings. The zero-order valence-corrected chi connectivity index (χ0v) is 21.4. The summed E-state index contributed by atoms with van der Waals surface area (Å²) in [4.78, 5) is 0. The highest BCUT2D eigenvalue weighted by atomic mass is 31.2. The first-order valence-corrected chi connectivity index (χ1v) is 14.7. The highest BCUT2D eigenvalue weighted by Gasteiger charge is 2.58. The van der Waals surface area contributed by atoms with Gasteiger partial charge < -0.3 is 5.11 Å². The average molecular weight is 497 g/mol. The van der Waals surface area contributed by atoms with E-state index < -0.39 is 13.3 Å². The van der Waals surface area contributed by atoms with E-state index in [-0.39, 0.29) is 12.1 Å². The van der Waals surface area contributed by atoms with Gasteiger partial charge >= 0.3 is 0 Å². The van der Waals surface area contributed by atoms with Crippen LogP contribution in [0.5, 0.6) is 0 Å². The number of fused-ring (bicyclic) bond motifs is 2. The zero-order valence-electron chi connectivity index (χ0n) is 20.5. The summed E-state index contributed by atoms with van der Waals surface area (Å²) in [6.07, 6.45) is 4.29. The molecule has 3 atom stereocenters. The van der Waals surface area contributed by atoms with Crippen molar-refractivity contribution in [3.05, 3.63) is 120 Å². The Morgan fingerprint density at radius 2 is 1.19 bits per heavy atom. The third-order valence-corrected chi connectivity index (χ3v) is 11.3. The Morgan fingerprint density at radius 3 is 1.78 bits per heavy atom. The Balaban J connectivity index is 1.50. The average Bonchev–Trinajstić information content (AvgIpc) is 3.17. The molecule has 1 aliphatic heterocycles. The molecule has 6 rings (SSSR count). The summed E-state index contributed by atoms with van der Waals surface area (Å²) in [5.41, 5.74) is 3.02. The van der Waals surface area contributed by atoms with Gasteiger partial charge in [-0.2, -0.15) is 0 Å². The molecule has 4 aromatic carbocycles. The van der Waals surface area contributed by atoms with Crippen LogP contribution < -0.4 is 0 Å². The van der Waals surface area contributed by atoms with Crippen molar-refractivity contribution in [1.29, 1.82) is 0 Å². The van der Waals surface area contributed by atoms with Gasteiger partial charge in [0.2, 0.25) is 7.44 Å². The molecule has 1 saturated heterocycles. The van der Waals surface area contributed by atoms with Crippen molar-refractivity contribution in [3.8, 4) is 0 Å². The fourth-order valence-corrected chi connectivity index (χ4v) is 9.84. The van der Waals surface area contributed by atoms with Crippen LogP contribution in [0.1, 0.15) is 48.2 Å². The van der Waals surface area contributed by atoms with Crippen LogP contribution in [0.2, 0.25) is 0 Å². The fraction of sp³-hybridized carbons (Fsp3) is 0.290. The van der Waals surface area contributed by atoms with Crippen molar-refractivity contribution in [3.63, 3.8) is 0 Å². The molecule has 1 unspecified atom stereocenters. The third-order valence-electron chi connectivity index (χ3n) is 7.99. The van der Waals surface area contributed by atoms with Crippen LogP contribution >= 0.6 is 7.44 Å². The standard InChI is InChI=1S/C31H33N2O2P/c34-31(28-19-11-17-26-16-7-8-18-27(26)28)36(35)32(22-24-12-3-1-4-13-24)29-20-9-10-21-30(29)33(36)23-25-14-5-2-6-15-25/h1-8,11-19,29-31,34H,9-10,20-23H2/t29-,30-,31?/m1/s1. The molecule has 36 heavy (non-hydrogen) atoms. The molecule has 0 aromatic heterocycles. The number of nitrogens with zero attached hydrogens (tertiary/aromatic N) is 2. The lowest BCUT2D eigenvalue weighted by Crippen LogP contribution is -2.39. The van der Waals surface area contributed by atoms with Crippen molar-refractivity contribution < 1.29 is 9.67 Å². The normalized spacial score (nSPS) is 22.9. The van der Waals surface area contributed by atoms with Crippen molar-refractivity contribution in [1.82, 2.24) is 9.34 Å². The van der Waals surface area contributed by atoms with E-state index in [1.165, 1.54) is 0 Å². The maximum Gasteiger partial charge on any atom is 0.249 e. The monoisotopic (exact) mass is 496 g/mol. The number of benzene rings is 4. The zero-order chi connectivity index (χ0) is 24.5. The molecule has 0 amide bonds. The van der Waals surface area contributed by atoms with Gasteiger partial charge in [-0.05, 0) is 40.3 Å². The Bertz CT molecular complexity index is 1310. The smallest absolute Gasteiger partial charge is 0.249 e. The summed E-state index contributed by atoms with van der Waals surface area (Å²) in [5, 5.41) is 14.2. The van der Waals surface area contributed by atoms with E-state index in [1.54, 1.807) is 0 Å². The maximum atomic E-state index is 15.6. The largest absolute Gasteiger partial charge is 0.378 e. The van der Waals surface area contributed by atoms with Crippen LogP contribution in [0, 0.1) is 0 Å². The number of aliphatic hydroxyl groups is 1. The van der Waals surface area contributed by atoms with Gasteiger partial charge in [-0.25, -0.2) is 9.34 Å².